The largest absolute Gasteiger partial charge is 0.497 e. The van der Waals surface area contributed by atoms with Gasteiger partial charge in [-0.2, -0.15) is 0 Å². The first-order chi connectivity index (χ1) is 13.5. The van der Waals surface area contributed by atoms with E-state index >= 15 is 0 Å². The van der Waals surface area contributed by atoms with Gasteiger partial charge >= 0.3 is 0 Å². The summed E-state index contributed by atoms with van der Waals surface area (Å²) < 4.78 is 16.3. The molecule has 0 radical (unpaired) electrons. The van der Waals surface area contributed by atoms with Crippen LogP contribution in [0.15, 0.2) is 48.5 Å². The van der Waals surface area contributed by atoms with Gasteiger partial charge in [0, 0.05) is 0 Å². The molecule has 0 spiro atoms. The maximum Gasteiger partial charge on any atom is 0.258 e. The van der Waals surface area contributed by atoms with Crippen molar-refractivity contribution < 1.29 is 19.0 Å². The summed E-state index contributed by atoms with van der Waals surface area (Å²) in [7, 11) is 3.22. The summed E-state index contributed by atoms with van der Waals surface area (Å²) >= 11 is 0. The fourth-order valence-electron chi connectivity index (χ4n) is 2.90. The molecule has 0 fully saturated rings. The molecule has 0 bridgehead atoms. The van der Waals surface area contributed by atoms with E-state index in [0.717, 1.165) is 16.9 Å². The van der Waals surface area contributed by atoms with Gasteiger partial charge in [-0.15, -0.1) is 0 Å². The van der Waals surface area contributed by atoms with Gasteiger partial charge in [-0.3, -0.25) is 4.79 Å². The van der Waals surface area contributed by atoms with Crippen molar-refractivity contribution in [2.24, 2.45) is 5.92 Å². The fourth-order valence-corrected chi connectivity index (χ4v) is 2.90. The number of carbonyl (C=O) groups is 1. The highest BCUT2D eigenvalue weighted by Gasteiger charge is 2.19. The molecular formula is C23H29NO4. The van der Waals surface area contributed by atoms with Crippen molar-refractivity contribution in [3.05, 3.63) is 59.7 Å². The Kier molecular flexibility index (Phi) is 7.93. The van der Waals surface area contributed by atoms with E-state index < -0.39 is 0 Å². The Morgan fingerprint density at radius 2 is 1.75 bits per heavy atom. The molecule has 0 heterocycles. The summed E-state index contributed by atoms with van der Waals surface area (Å²) in [6.45, 7) is 6.01. The van der Waals surface area contributed by atoms with Crippen LogP contribution in [0.25, 0.3) is 6.08 Å². The Morgan fingerprint density at radius 3 is 2.32 bits per heavy atom. The van der Waals surface area contributed by atoms with Crippen molar-refractivity contribution in [1.82, 2.24) is 5.32 Å². The second-order valence-corrected chi connectivity index (χ2v) is 6.76. The number of carbonyl (C=O) groups excluding carboxylic acids is 1. The number of methoxy groups -OCH3 is 2. The SMILES string of the molecule is C/C=C/c1ccc(OCC(=O)N[C@H](c2ccc(OC)cc2)C(C)C)c(OC)c1. The van der Waals surface area contributed by atoms with Gasteiger partial charge in [-0.1, -0.05) is 44.2 Å². The van der Waals surface area contributed by atoms with Crippen LogP contribution in [0.1, 0.15) is 37.9 Å². The highest BCUT2D eigenvalue weighted by atomic mass is 16.5. The molecular weight excluding hydrogens is 354 g/mol. The molecule has 1 N–H and O–H groups in total. The zero-order valence-electron chi connectivity index (χ0n) is 17.2. The lowest BCUT2D eigenvalue weighted by atomic mass is 9.96. The monoisotopic (exact) mass is 383 g/mol. The Hall–Kier alpha value is -2.95. The molecule has 0 aliphatic heterocycles. The van der Waals surface area contributed by atoms with E-state index in [2.05, 4.69) is 19.2 Å². The zero-order chi connectivity index (χ0) is 20.5. The predicted molar refractivity (Wildman–Crippen MR) is 112 cm³/mol. The lowest BCUT2D eigenvalue weighted by Gasteiger charge is -2.23. The first kappa shape index (κ1) is 21.4. The number of hydrogen-bond acceptors (Lipinski definition) is 4. The Labute approximate surface area is 167 Å². The van der Waals surface area contributed by atoms with E-state index in [4.69, 9.17) is 14.2 Å². The van der Waals surface area contributed by atoms with Crippen molar-refractivity contribution in [3.8, 4) is 17.2 Å². The second-order valence-electron chi connectivity index (χ2n) is 6.76. The highest BCUT2D eigenvalue weighted by molar-refractivity contribution is 5.78. The third-order valence-electron chi connectivity index (χ3n) is 4.36. The number of amides is 1. The van der Waals surface area contributed by atoms with E-state index in [1.54, 1.807) is 14.2 Å². The minimum absolute atomic E-state index is 0.0846. The number of benzene rings is 2. The zero-order valence-corrected chi connectivity index (χ0v) is 17.2. The quantitative estimate of drug-likeness (QED) is 0.686. The molecule has 5 nitrogen and oxygen atoms in total. The standard InChI is InChI=1S/C23H29NO4/c1-6-7-17-8-13-20(21(14-17)27-5)28-15-22(25)24-23(16(2)3)18-9-11-19(26-4)12-10-18/h6-14,16,23H,15H2,1-5H3,(H,24,25)/b7-6+/t23-/m0/s1. The van der Waals surface area contributed by atoms with E-state index in [-0.39, 0.29) is 24.5 Å². The normalized spacial score (nSPS) is 12.1. The maximum absolute atomic E-state index is 12.5. The van der Waals surface area contributed by atoms with Crippen LogP contribution >= 0.6 is 0 Å². The maximum atomic E-state index is 12.5. The molecule has 0 unspecified atom stereocenters. The van der Waals surface area contributed by atoms with Crippen molar-refractivity contribution in [2.75, 3.05) is 20.8 Å². The van der Waals surface area contributed by atoms with Gasteiger partial charge in [0.1, 0.15) is 5.75 Å². The summed E-state index contributed by atoms with van der Waals surface area (Å²) in [5.41, 5.74) is 2.04. The van der Waals surface area contributed by atoms with Gasteiger partial charge in [0.25, 0.3) is 5.91 Å². The smallest absolute Gasteiger partial charge is 0.258 e. The van der Waals surface area contributed by atoms with E-state index in [1.807, 2.05) is 61.5 Å². The summed E-state index contributed by atoms with van der Waals surface area (Å²) in [6, 6.07) is 13.2. The lowest BCUT2D eigenvalue weighted by molar-refractivity contribution is -0.124. The van der Waals surface area contributed by atoms with Crippen LogP contribution in [0, 0.1) is 5.92 Å². The fraction of sp³-hybridized carbons (Fsp3) is 0.348. The molecule has 0 saturated heterocycles. The average molecular weight is 383 g/mol. The molecule has 0 saturated carbocycles. The minimum atomic E-state index is -0.186. The van der Waals surface area contributed by atoms with Gasteiger partial charge in [0.2, 0.25) is 0 Å². The number of rotatable bonds is 9. The molecule has 150 valence electrons. The van der Waals surface area contributed by atoms with Gasteiger partial charge in [-0.25, -0.2) is 0 Å². The molecule has 5 heteroatoms. The van der Waals surface area contributed by atoms with E-state index in [9.17, 15) is 4.79 Å². The summed E-state index contributed by atoms with van der Waals surface area (Å²) in [5, 5.41) is 3.05. The van der Waals surface area contributed by atoms with Crippen LogP contribution in [0.2, 0.25) is 0 Å². The third kappa shape index (κ3) is 5.78. The molecule has 1 atom stereocenters. The number of hydrogen-bond donors (Lipinski definition) is 1. The predicted octanol–water partition coefficient (Wildman–Crippen LogP) is 4.63. The van der Waals surface area contributed by atoms with Crippen LogP contribution in [0.5, 0.6) is 17.2 Å². The van der Waals surface area contributed by atoms with Crippen LogP contribution < -0.4 is 19.5 Å². The Morgan fingerprint density at radius 1 is 1.04 bits per heavy atom. The van der Waals surface area contributed by atoms with Crippen LogP contribution in [0.4, 0.5) is 0 Å². The molecule has 28 heavy (non-hydrogen) atoms. The van der Waals surface area contributed by atoms with Crippen LogP contribution in [-0.4, -0.2) is 26.7 Å². The van der Waals surface area contributed by atoms with Gasteiger partial charge in [-0.05, 0) is 48.2 Å². The first-order valence-corrected chi connectivity index (χ1v) is 9.35. The van der Waals surface area contributed by atoms with Crippen LogP contribution in [0.3, 0.4) is 0 Å². The Balaban J connectivity index is 2.03. The van der Waals surface area contributed by atoms with Crippen molar-refractivity contribution in [1.29, 1.82) is 0 Å². The average Bonchev–Trinajstić information content (AvgIpc) is 2.71. The van der Waals surface area contributed by atoms with Gasteiger partial charge in [0.15, 0.2) is 18.1 Å². The molecule has 0 aliphatic rings. The van der Waals surface area contributed by atoms with Crippen LogP contribution in [-0.2, 0) is 4.79 Å². The van der Waals surface area contributed by atoms with Crippen molar-refractivity contribution in [3.63, 3.8) is 0 Å². The minimum Gasteiger partial charge on any atom is -0.497 e. The summed E-state index contributed by atoms with van der Waals surface area (Å²) in [4.78, 5) is 12.5. The topological polar surface area (TPSA) is 56.8 Å². The first-order valence-electron chi connectivity index (χ1n) is 9.35. The molecule has 2 aromatic rings. The number of ether oxygens (including phenoxy) is 3. The van der Waals surface area contributed by atoms with Crippen molar-refractivity contribution >= 4 is 12.0 Å². The van der Waals surface area contributed by atoms with Crippen molar-refractivity contribution in [2.45, 2.75) is 26.8 Å². The van der Waals surface area contributed by atoms with Gasteiger partial charge in [0.05, 0.1) is 20.3 Å². The Bertz CT molecular complexity index is 797. The van der Waals surface area contributed by atoms with E-state index in [1.165, 1.54) is 0 Å². The summed E-state index contributed by atoms with van der Waals surface area (Å²) in [5.74, 6) is 1.96. The number of nitrogens with one attached hydrogen (secondary N) is 1. The molecule has 2 rings (SSSR count). The second kappa shape index (κ2) is 10.4. The molecule has 0 aliphatic carbocycles. The molecule has 0 aromatic heterocycles. The molecule has 2 aromatic carbocycles. The number of allylic oxidation sites excluding steroid dienone is 1. The molecule has 1 amide bonds. The lowest BCUT2D eigenvalue weighted by Crippen LogP contribution is -2.35. The summed E-state index contributed by atoms with van der Waals surface area (Å²) in [6.07, 6.45) is 3.93. The van der Waals surface area contributed by atoms with Gasteiger partial charge < -0.3 is 19.5 Å². The van der Waals surface area contributed by atoms with E-state index in [0.29, 0.717) is 11.5 Å². The highest BCUT2D eigenvalue weighted by Crippen LogP contribution is 2.29. The third-order valence-corrected chi connectivity index (χ3v) is 4.36.